The van der Waals surface area contributed by atoms with Crippen molar-refractivity contribution in [2.45, 2.75) is 12.8 Å². The largest absolute Gasteiger partial charge is 0.508 e. The van der Waals surface area contributed by atoms with Gasteiger partial charge in [-0.3, -0.25) is 9.89 Å². The summed E-state index contributed by atoms with van der Waals surface area (Å²) in [6, 6.07) is 14.9. The minimum absolute atomic E-state index is 0.0322. The van der Waals surface area contributed by atoms with Crippen molar-refractivity contribution >= 4 is 12.2 Å². The number of aromatic nitrogens is 2. The predicted molar refractivity (Wildman–Crippen MR) is 96.7 cm³/mol. The Kier molecular flexibility index (Phi) is 3.61. The molecule has 2 aromatic carbocycles. The average Bonchev–Trinajstić information content (AvgIpc) is 3.19. The maximum atomic E-state index is 12.3. The summed E-state index contributed by atoms with van der Waals surface area (Å²) in [5, 5.41) is 17.1. The van der Waals surface area contributed by atoms with E-state index in [0.717, 1.165) is 27.5 Å². The highest BCUT2D eigenvalue weighted by Gasteiger charge is 2.17. The molecule has 0 saturated carbocycles. The van der Waals surface area contributed by atoms with Crippen LogP contribution in [0.2, 0.25) is 0 Å². The van der Waals surface area contributed by atoms with Crippen LogP contribution in [-0.4, -0.2) is 15.3 Å². The van der Waals surface area contributed by atoms with Gasteiger partial charge in [-0.1, -0.05) is 37.3 Å². The van der Waals surface area contributed by atoms with Crippen LogP contribution >= 0.6 is 0 Å². The zero-order chi connectivity index (χ0) is 17.4. The van der Waals surface area contributed by atoms with Gasteiger partial charge in [0.2, 0.25) is 0 Å². The summed E-state index contributed by atoms with van der Waals surface area (Å²) in [6.07, 6.45) is 3.78. The summed E-state index contributed by atoms with van der Waals surface area (Å²) >= 11 is 0. The number of rotatable bonds is 3. The van der Waals surface area contributed by atoms with Gasteiger partial charge in [-0.2, -0.15) is 0 Å². The molecule has 3 N–H and O–H groups in total. The van der Waals surface area contributed by atoms with Crippen LogP contribution in [0.3, 0.4) is 0 Å². The molecule has 0 spiro atoms. The second-order valence-electron chi connectivity index (χ2n) is 6.10. The SMILES string of the molecule is CC(c1ccc(O)cc1)c1[nH][nH]c(=O)c1C=C1C=c2ccccc2=N1. The summed E-state index contributed by atoms with van der Waals surface area (Å²) in [4.78, 5) is 16.8. The van der Waals surface area contributed by atoms with E-state index in [2.05, 4.69) is 15.2 Å². The van der Waals surface area contributed by atoms with Crippen LogP contribution in [0.15, 0.2) is 64.0 Å². The van der Waals surface area contributed by atoms with Crippen LogP contribution in [0.1, 0.15) is 29.7 Å². The molecule has 25 heavy (non-hydrogen) atoms. The number of fused-ring (bicyclic) bond motifs is 1. The third kappa shape index (κ3) is 2.80. The molecule has 2 heterocycles. The van der Waals surface area contributed by atoms with E-state index < -0.39 is 0 Å². The van der Waals surface area contributed by atoms with E-state index >= 15 is 0 Å². The molecule has 3 aromatic rings. The molecule has 0 bridgehead atoms. The fraction of sp³-hybridized carbons (Fsp3) is 0.100. The Bertz CT molecular complexity index is 1100. The fourth-order valence-corrected chi connectivity index (χ4v) is 3.06. The second-order valence-corrected chi connectivity index (χ2v) is 6.10. The molecule has 1 aromatic heterocycles. The molecule has 4 rings (SSSR count). The summed E-state index contributed by atoms with van der Waals surface area (Å²) in [6.45, 7) is 2.01. The van der Waals surface area contributed by atoms with Crippen LogP contribution in [0.25, 0.3) is 12.2 Å². The first-order chi connectivity index (χ1) is 12.1. The first-order valence-corrected chi connectivity index (χ1v) is 8.08. The number of benzene rings is 2. The number of phenols is 1. The van der Waals surface area contributed by atoms with Gasteiger partial charge < -0.3 is 10.2 Å². The van der Waals surface area contributed by atoms with Crippen molar-refractivity contribution in [3.8, 4) is 5.75 Å². The summed E-state index contributed by atoms with van der Waals surface area (Å²) in [5.41, 5.74) is 2.95. The maximum Gasteiger partial charge on any atom is 0.271 e. The molecule has 1 aliphatic heterocycles. The van der Waals surface area contributed by atoms with Gasteiger partial charge in [0, 0.05) is 11.1 Å². The summed E-state index contributed by atoms with van der Waals surface area (Å²) in [7, 11) is 0. The molecule has 5 heteroatoms. The van der Waals surface area contributed by atoms with E-state index in [9.17, 15) is 9.90 Å². The molecule has 0 fully saturated rings. The number of aromatic hydroxyl groups is 1. The van der Waals surface area contributed by atoms with Crippen molar-refractivity contribution in [1.82, 2.24) is 10.2 Å². The Morgan fingerprint density at radius 2 is 1.84 bits per heavy atom. The second kappa shape index (κ2) is 5.94. The van der Waals surface area contributed by atoms with Crippen LogP contribution < -0.4 is 16.1 Å². The average molecular weight is 331 g/mol. The van der Waals surface area contributed by atoms with Gasteiger partial charge >= 0.3 is 0 Å². The lowest BCUT2D eigenvalue weighted by Gasteiger charge is -2.11. The molecule has 0 radical (unpaired) electrons. The number of aromatic amines is 2. The zero-order valence-corrected chi connectivity index (χ0v) is 13.7. The minimum Gasteiger partial charge on any atom is -0.508 e. The normalized spacial score (nSPS) is 15.5. The van der Waals surface area contributed by atoms with Gasteiger partial charge in [0.25, 0.3) is 5.56 Å². The van der Waals surface area contributed by atoms with E-state index in [1.807, 2.05) is 55.5 Å². The smallest absolute Gasteiger partial charge is 0.271 e. The number of H-pyrrole nitrogens is 2. The highest BCUT2D eigenvalue weighted by Crippen LogP contribution is 2.26. The standard InChI is InChI=1S/C20H17N3O2/c1-12(13-6-8-16(24)9-7-13)19-17(20(25)23-22-19)11-15-10-14-4-2-3-5-18(14)21-15/h2-12,24H,1H3,(H2,22,23,25). The van der Waals surface area contributed by atoms with Crippen molar-refractivity contribution < 1.29 is 5.11 Å². The number of nitrogens with zero attached hydrogens (tertiary/aromatic N) is 1. The molecular formula is C20H17N3O2. The predicted octanol–water partition coefficient (Wildman–Crippen LogP) is 2.02. The lowest BCUT2D eigenvalue weighted by molar-refractivity contribution is 0.475. The molecule has 0 saturated heterocycles. The maximum absolute atomic E-state index is 12.3. The molecule has 1 unspecified atom stereocenters. The van der Waals surface area contributed by atoms with Gasteiger partial charge in [0.15, 0.2) is 0 Å². The number of hydrogen-bond acceptors (Lipinski definition) is 3. The zero-order valence-electron chi connectivity index (χ0n) is 13.7. The molecular weight excluding hydrogens is 314 g/mol. The van der Waals surface area contributed by atoms with Crippen LogP contribution in [0, 0.1) is 0 Å². The number of phenolic OH excluding ortho intramolecular Hbond substituents is 1. The van der Waals surface area contributed by atoms with Gasteiger partial charge in [0.05, 0.1) is 22.3 Å². The monoisotopic (exact) mass is 331 g/mol. The van der Waals surface area contributed by atoms with Crippen LogP contribution in [0.5, 0.6) is 5.75 Å². The third-order valence-corrected chi connectivity index (χ3v) is 4.45. The molecule has 1 aliphatic rings. The third-order valence-electron chi connectivity index (χ3n) is 4.45. The highest BCUT2D eigenvalue weighted by atomic mass is 16.3. The van der Waals surface area contributed by atoms with Crippen LogP contribution in [0.4, 0.5) is 0 Å². The van der Waals surface area contributed by atoms with Gasteiger partial charge in [-0.25, -0.2) is 4.99 Å². The molecule has 124 valence electrons. The summed E-state index contributed by atoms with van der Waals surface area (Å²) in [5.74, 6) is 0.188. The van der Waals surface area contributed by atoms with Crippen molar-refractivity contribution in [3.63, 3.8) is 0 Å². The Morgan fingerprint density at radius 3 is 2.60 bits per heavy atom. The lowest BCUT2D eigenvalue weighted by atomic mass is 9.95. The van der Waals surface area contributed by atoms with Gasteiger partial charge in [-0.05, 0) is 35.9 Å². The number of para-hydroxylation sites is 1. The molecule has 1 atom stereocenters. The fourth-order valence-electron chi connectivity index (χ4n) is 3.06. The van der Waals surface area contributed by atoms with E-state index in [1.54, 1.807) is 12.1 Å². The lowest BCUT2D eigenvalue weighted by Crippen LogP contribution is -2.19. The van der Waals surface area contributed by atoms with Crippen molar-refractivity contribution in [2.75, 3.05) is 0 Å². The van der Waals surface area contributed by atoms with Crippen molar-refractivity contribution in [1.29, 1.82) is 0 Å². The quantitative estimate of drug-likeness (QED) is 0.686. The van der Waals surface area contributed by atoms with E-state index in [1.165, 1.54) is 0 Å². The van der Waals surface area contributed by atoms with Crippen molar-refractivity contribution in [3.05, 3.63) is 92.0 Å². The Balaban J connectivity index is 1.76. The van der Waals surface area contributed by atoms with E-state index in [0.29, 0.717) is 5.56 Å². The van der Waals surface area contributed by atoms with Gasteiger partial charge in [0.1, 0.15) is 5.75 Å². The molecule has 5 nitrogen and oxygen atoms in total. The van der Waals surface area contributed by atoms with Crippen LogP contribution in [-0.2, 0) is 0 Å². The highest BCUT2D eigenvalue weighted by molar-refractivity contribution is 5.67. The molecule has 0 amide bonds. The number of nitrogens with one attached hydrogen (secondary N) is 2. The van der Waals surface area contributed by atoms with E-state index in [4.69, 9.17) is 0 Å². The van der Waals surface area contributed by atoms with Gasteiger partial charge in [-0.15, -0.1) is 0 Å². The minimum atomic E-state index is -0.173. The first kappa shape index (κ1) is 15.2. The number of hydrogen-bond donors (Lipinski definition) is 3. The Labute approximate surface area is 143 Å². The Hall–Kier alpha value is -3.34. The summed E-state index contributed by atoms with van der Waals surface area (Å²) < 4.78 is 0. The first-order valence-electron chi connectivity index (χ1n) is 8.08. The topological polar surface area (TPSA) is 81.2 Å². The number of allylic oxidation sites excluding steroid dienone is 1. The van der Waals surface area contributed by atoms with E-state index in [-0.39, 0.29) is 17.2 Å². The molecule has 0 aliphatic carbocycles. The Morgan fingerprint density at radius 1 is 1.08 bits per heavy atom. The van der Waals surface area contributed by atoms with Crippen molar-refractivity contribution in [2.24, 2.45) is 4.99 Å².